The van der Waals surface area contributed by atoms with Crippen molar-refractivity contribution in [2.45, 2.75) is 7.43 Å². The first-order valence-corrected chi connectivity index (χ1v) is 2.67. The summed E-state index contributed by atoms with van der Waals surface area (Å²) in [4.78, 5) is 0. The van der Waals surface area contributed by atoms with Crippen LogP contribution < -0.4 is 29.6 Å². The Kier molecular flexibility index (Phi) is 11.6. The van der Waals surface area contributed by atoms with Gasteiger partial charge in [-0.05, 0) is 0 Å². The summed E-state index contributed by atoms with van der Waals surface area (Å²) in [5.41, 5.74) is 0. The number of hydrogen-bond donors (Lipinski definition) is 2. The van der Waals surface area contributed by atoms with Crippen molar-refractivity contribution >= 4 is 0 Å². The average molecular weight is 161 g/mol. The van der Waals surface area contributed by atoms with E-state index >= 15 is 0 Å². The van der Waals surface area contributed by atoms with Crippen LogP contribution in [0.5, 0.6) is 0 Å². The number of hydrogen-bond acceptors (Lipinski definition) is 2. The van der Waals surface area contributed by atoms with Gasteiger partial charge in [0.2, 0.25) is 0 Å². The van der Waals surface area contributed by atoms with E-state index in [1.165, 1.54) is 0 Å². The molecule has 0 aliphatic rings. The van der Waals surface area contributed by atoms with E-state index in [0.717, 1.165) is 0 Å². The molecule has 0 bridgehead atoms. The number of rotatable bonds is 0. The predicted molar refractivity (Wildman–Crippen MR) is 13.7 cm³/mol. The molecule has 0 aliphatic carbocycles. The maximum atomic E-state index is 8.80. The fraction of sp³-hybridized carbons (Fsp3) is 1.00. The van der Waals surface area contributed by atoms with Crippen molar-refractivity contribution < 1.29 is 60.4 Å². The molecular formula is CH7MnNaO4. The topological polar surface area (TPSA) is 74.6 Å². The zero-order valence-electron chi connectivity index (χ0n) is 4.09. The molecule has 0 amide bonds. The van der Waals surface area contributed by atoms with Crippen molar-refractivity contribution in [2.24, 2.45) is 0 Å². The van der Waals surface area contributed by atoms with Gasteiger partial charge >= 0.3 is 59.0 Å². The normalized spacial score (nSPS) is 8.29. The zero-order valence-corrected chi connectivity index (χ0v) is 6.27. The first-order chi connectivity index (χ1) is 2.00. The van der Waals surface area contributed by atoms with Crippen LogP contribution in [0.15, 0.2) is 0 Å². The second kappa shape index (κ2) is 5.18. The molecule has 0 aromatic heterocycles. The Labute approximate surface area is 67.6 Å². The summed E-state index contributed by atoms with van der Waals surface area (Å²) in [6.07, 6.45) is 0. The first-order valence-electron chi connectivity index (χ1n) is 0.647. The molecule has 0 atom stereocenters. The van der Waals surface area contributed by atoms with Crippen LogP contribution >= 0.6 is 0 Å². The Morgan fingerprint density at radius 1 is 1.29 bits per heavy atom. The van der Waals surface area contributed by atoms with Gasteiger partial charge in [-0.1, -0.05) is 7.43 Å². The Morgan fingerprint density at radius 3 is 1.29 bits per heavy atom. The summed E-state index contributed by atoms with van der Waals surface area (Å²) < 4.78 is 31.8. The van der Waals surface area contributed by atoms with Crippen molar-refractivity contribution in [3.8, 4) is 0 Å². The van der Waals surface area contributed by atoms with E-state index in [9.17, 15) is 0 Å². The van der Waals surface area contributed by atoms with Crippen LogP contribution in [0.25, 0.3) is 0 Å². The van der Waals surface area contributed by atoms with Gasteiger partial charge in [-0.25, -0.2) is 0 Å². The monoisotopic (exact) mass is 161 g/mol. The Hall–Kier alpha value is 1.04. The summed E-state index contributed by atoms with van der Waals surface area (Å²) in [5.74, 6) is 0. The predicted octanol–water partition coefficient (Wildman–Crippen LogP) is -3.60. The molecule has 0 saturated heterocycles. The third-order valence-electron chi connectivity index (χ3n) is 0. The van der Waals surface area contributed by atoms with Gasteiger partial charge in [0.05, 0.1) is 0 Å². The molecule has 0 aromatic rings. The Morgan fingerprint density at radius 2 is 1.29 bits per heavy atom. The molecule has 0 unspecified atom stereocenters. The summed E-state index contributed by atoms with van der Waals surface area (Å²) >= 11 is -5.12. The molecule has 4 nitrogen and oxygen atoms in total. The Balaban J connectivity index is -0.0000000267. The third kappa shape index (κ3) is 165. The van der Waals surface area contributed by atoms with E-state index < -0.39 is 13.4 Å². The van der Waals surface area contributed by atoms with E-state index in [1.54, 1.807) is 0 Å². The van der Waals surface area contributed by atoms with Gasteiger partial charge in [-0.3, -0.25) is 0 Å². The van der Waals surface area contributed by atoms with E-state index in [1.807, 2.05) is 0 Å². The van der Waals surface area contributed by atoms with Gasteiger partial charge in [0.25, 0.3) is 0 Å². The molecule has 7 heavy (non-hydrogen) atoms. The average Bonchev–Trinajstić information content (AvgIpc) is 0.722. The van der Waals surface area contributed by atoms with Crippen LogP contribution in [-0.2, 0) is 21.0 Å². The van der Waals surface area contributed by atoms with E-state index in [2.05, 4.69) is 0 Å². The molecular weight excluding hydrogens is 154 g/mol. The van der Waals surface area contributed by atoms with Gasteiger partial charge < -0.3 is 1.43 Å². The molecule has 6 heteroatoms. The molecule has 43 valence electrons. The van der Waals surface area contributed by atoms with Crippen LogP contribution in [0.3, 0.4) is 0 Å². The van der Waals surface area contributed by atoms with E-state index in [4.69, 9.17) is 16.0 Å². The van der Waals surface area contributed by atoms with Gasteiger partial charge in [0, 0.05) is 0 Å². The SMILES string of the molecule is C.[H-].[Na+].[O]=[Mn](=[O])([OH])[OH]. The van der Waals surface area contributed by atoms with Crippen molar-refractivity contribution in [3.05, 3.63) is 0 Å². The second-order valence-corrected chi connectivity index (χ2v) is 1.71. The molecule has 0 heterocycles. The molecule has 2 N–H and O–H groups in total. The minimum absolute atomic E-state index is 0. The van der Waals surface area contributed by atoms with Crippen LogP contribution in [0.2, 0.25) is 0 Å². The van der Waals surface area contributed by atoms with Crippen LogP contribution in [0.4, 0.5) is 0 Å². The van der Waals surface area contributed by atoms with Crippen molar-refractivity contribution in [3.63, 3.8) is 0 Å². The van der Waals surface area contributed by atoms with Gasteiger partial charge in [-0.15, -0.1) is 0 Å². The molecule has 0 radical (unpaired) electrons. The summed E-state index contributed by atoms with van der Waals surface area (Å²) in [6.45, 7) is 0. The summed E-state index contributed by atoms with van der Waals surface area (Å²) in [6, 6.07) is 0. The molecule has 0 aromatic carbocycles. The molecule has 0 spiro atoms. The molecule has 0 saturated carbocycles. The standard InChI is InChI=1S/CH4.Mn.Na.2H2O.2O.H/h1H4;;;2*1H2;;;/q;+2;+1;;;;;-1/p-2. The molecule has 0 fully saturated rings. The fourth-order valence-corrected chi connectivity index (χ4v) is 0. The summed E-state index contributed by atoms with van der Waals surface area (Å²) in [5, 5.41) is 0. The van der Waals surface area contributed by atoms with Crippen LogP contribution in [0, 0.1) is 0 Å². The van der Waals surface area contributed by atoms with Crippen molar-refractivity contribution in [1.82, 2.24) is 0 Å². The first kappa shape index (κ1) is 15.7. The van der Waals surface area contributed by atoms with Crippen molar-refractivity contribution in [1.29, 1.82) is 0 Å². The fourth-order valence-electron chi connectivity index (χ4n) is 0. The quantitative estimate of drug-likeness (QED) is 0.360. The van der Waals surface area contributed by atoms with Gasteiger partial charge in [-0.2, -0.15) is 0 Å². The van der Waals surface area contributed by atoms with Crippen molar-refractivity contribution in [2.75, 3.05) is 0 Å². The van der Waals surface area contributed by atoms with E-state index in [0.29, 0.717) is 0 Å². The van der Waals surface area contributed by atoms with Gasteiger partial charge in [0.1, 0.15) is 0 Å². The van der Waals surface area contributed by atoms with Crippen LogP contribution in [-0.4, -0.2) is 8.38 Å². The molecule has 0 rings (SSSR count). The molecule has 0 aliphatic heterocycles. The zero-order chi connectivity index (χ0) is 4.50. The maximum absolute atomic E-state index is 8.80. The van der Waals surface area contributed by atoms with Crippen LogP contribution in [0.1, 0.15) is 8.85 Å². The van der Waals surface area contributed by atoms with E-state index in [-0.39, 0.29) is 38.4 Å². The second-order valence-electron chi connectivity index (χ2n) is 0.415. The summed E-state index contributed by atoms with van der Waals surface area (Å²) in [7, 11) is 0. The Bertz CT molecular complexity index is 99.2. The third-order valence-corrected chi connectivity index (χ3v) is 0. The minimum atomic E-state index is -5.12. The van der Waals surface area contributed by atoms with Gasteiger partial charge in [0.15, 0.2) is 0 Å².